The number of carbonyl (C=O) groups excluding carboxylic acids is 2. The van der Waals surface area contributed by atoms with Gasteiger partial charge in [0, 0.05) is 46.2 Å². The number of benzene rings is 1. The molecule has 2 aromatic rings. The van der Waals surface area contributed by atoms with Gasteiger partial charge in [0.1, 0.15) is 5.54 Å². The van der Waals surface area contributed by atoms with E-state index in [0.29, 0.717) is 21.8 Å². The molecule has 6 rings (SSSR count). The third-order valence-corrected chi connectivity index (χ3v) is 8.45. The van der Waals surface area contributed by atoms with Crippen molar-refractivity contribution in [3.63, 3.8) is 0 Å². The van der Waals surface area contributed by atoms with Crippen LogP contribution in [0.15, 0.2) is 30.3 Å². The summed E-state index contributed by atoms with van der Waals surface area (Å²) in [6.45, 7) is 1.39. The monoisotopic (exact) mass is 447 g/mol. The predicted molar refractivity (Wildman–Crippen MR) is 114 cm³/mol. The van der Waals surface area contributed by atoms with Crippen molar-refractivity contribution in [3.8, 4) is 0 Å². The molecule has 3 fully saturated rings. The van der Waals surface area contributed by atoms with Crippen molar-refractivity contribution in [3.05, 3.63) is 50.1 Å². The lowest BCUT2D eigenvalue weighted by Gasteiger charge is -2.39. The van der Waals surface area contributed by atoms with Gasteiger partial charge in [0.25, 0.3) is 0 Å². The van der Waals surface area contributed by atoms with Gasteiger partial charge in [-0.05, 0) is 43.0 Å². The van der Waals surface area contributed by atoms with E-state index in [9.17, 15) is 9.59 Å². The summed E-state index contributed by atoms with van der Waals surface area (Å²) in [6, 6.07) is 9.42. The number of anilines is 1. The van der Waals surface area contributed by atoms with E-state index >= 15 is 0 Å². The van der Waals surface area contributed by atoms with Crippen molar-refractivity contribution >= 4 is 52.0 Å². The first-order valence-corrected chi connectivity index (χ1v) is 11.5. The number of nitrogens with zero attached hydrogens (tertiary/aromatic N) is 1. The van der Waals surface area contributed by atoms with Crippen LogP contribution in [0.2, 0.25) is 9.36 Å². The fraction of sp³-hybridized carbons (Fsp3) is 0.429. The molecule has 8 heteroatoms. The lowest BCUT2D eigenvalue weighted by atomic mass is 9.74. The standard InChI is InChI=1S/C21H19Cl2N3O2S/c22-11-3-4-12-13(7-11)25-20(28)21(12)18(15-5-6-16(23)29-15)17-14(8-24-19(17)27)26(21)9-10-1-2-10/h3-7,10,14,17-18H,1-2,8-9H2,(H,24,27)(H,25,28)/t14?,17-,18+,21+/m0/s1. The van der Waals surface area contributed by atoms with Crippen LogP contribution in [0.25, 0.3) is 0 Å². The zero-order valence-corrected chi connectivity index (χ0v) is 17.8. The lowest BCUT2D eigenvalue weighted by Crippen LogP contribution is -2.54. The van der Waals surface area contributed by atoms with E-state index in [1.54, 1.807) is 0 Å². The molecule has 4 atom stereocenters. The predicted octanol–water partition coefficient (Wildman–Crippen LogP) is 3.83. The van der Waals surface area contributed by atoms with Crippen molar-refractivity contribution in [2.45, 2.75) is 30.3 Å². The number of thiophene rings is 1. The molecule has 1 aromatic carbocycles. The molecule has 1 aliphatic carbocycles. The van der Waals surface area contributed by atoms with Gasteiger partial charge in [0.15, 0.2) is 0 Å². The fourth-order valence-electron chi connectivity index (χ4n) is 5.62. The Bertz CT molecular complexity index is 1050. The Labute approximate surface area is 182 Å². The largest absolute Gasteiger partial charge is 0.354 e. The average molecular weight is 448 g/mol. The second-order valence-electron chi connectivity index (χ2n) is 8.46. The first-order valence-electron chi connectivity index (χ1n) is 9.91. The first kappa shape index (κ1) is 18.2. The number of hydrogen-bond acceptors (Lipinski definition) is 4. The maximum absolute atomic E-state index is 13.8. The second-order valence-corrected chi connectivity index (χ2v) is 10.6. The van der Waals surface area contributed by atoms with Crippen LogP contribution in [-0.4, -0.2) is 35.8 Å². The zero-order valence-electron chi connectivity index (χ0n) is 15.5. The third-order valence-electron chi connectivity index (χ3n) is 6.90. The Morgan fingerprint density at radius 1 is 1.17 bits per heavy atom. The van der Waals surface area contributed by atoms with Gasteiger partial charge in [-0.15, -0.1) is 11.3 Å². The van der Waals surface area contributed by atoms with E-state index in [1.165, 1.54) is 24.2 Å². The van der Waals surface area contributed by atoms with Gasteiger partial charge in [-0.3, -0.25) is 14.5 Å². The molecule has 2 N–H and O–H groups in total. The summed E-state index contributed by atoms with van der Waals surface area (Å²) in [5.74, 6) is -0.0212. The number of fused-ring (bicyclic) bond motifs is 3. The molecule has 0 bridgehead atoms. The summed E-state index contributed by atoms with van der Waals surface area (Å²) < 4.78 is 0.667. The number of carbonyl (C=O) groups is 2. The van der Waals surface area contributed by atoms with Gasteiger partial charge in [0.2, 0.25) is 11.8 Å². The first-order chi connectivity index (χ1) is 14.0. The van der Waals surface area contributed by atoms with E-state index in [-0.39, 0.29) is 29.7 Å². The molecule has 3 aliphatic heterocycles. The Morgan fingerprint density at radius 3 is 2.72 bits per heavy atom. The summed E-state index contributed by atoms with van der Waals surface area (Å²) in [6.07, 6.45) is 2.35. The summed E-state index contributed by atoms with van der Waals surface area (Å²) >= 11 is 14.0. The SMILES string of the molecule is O=C1NCC2[C@H]1[C@@H](c1ccc(Cl)s1)[C@]1(C(=O)Nc3cc(Cl)ccc31)N2CC1CC1. The van der Waals surface area contributed by atoms with Crippen LogP contribution in [0.5, 0.6) is 0 Å². The molecule has 1 unspecified atom stereocenters. The second kappa shape index (κ2) is 6.20. The van der Waals surface area contributed by atoms with Crippen molar-refractivity contribution in [2.75, 3.05) is 18.4 Å². The molecule has 2 saturated heterocycles. The average Bonchev–Trinajstić information content (AvgIpc) is 3.02. The van der Waals surface area contributed by atoms with E-state index in [2.05, 4.69) is 15.5 Å². The number of nitrogens with one attached hydrogen (secondary N) is 2. The van der Waals surface area contributed by atoms with Gasteiger partial charge >= 0.3 is 0 Å². The van der Waals surface area contributed by atoms with Gasteiger partial charge in [-0.1, -0.05) is 29.3 Å². The number of halogens is 2. The molecule has 1 aromatic heterocycles. The summed E-state index contributed by atoms with van der Waals surface area (Å²) in [5.41, 5.74) is 0.754. The van der Waals surface area contributed by atoms with E-state index in [4.69, 9.17) is 23.2 Å². The molecular formula is C21H19Cl2N3O2S. The van der Waals surface area contributed by atoms with Crippen LogP contribution in [-0.2, 0) is 15.1 Å². The fourth-order valence-corrected chi connectivity index (χ4v) is 7.07. The number of hydrogen-bond donors (Lipinski definition) is 2. The minimum absolute atomic E-state index is 0.0126. The summed E-state index contributed by atoms with van der Waals surface area (Å²) in [4.78, 5) is 30.0. The highest BCUT2D eigenvalue weighted by atomic mass is 35.5. The van der Waals surface area contributed by atoms with Crippen molar-refractivity contribution in [1.82, 2.24) is 10.2 Å². The zero-order chi connectivity index (χ0) is 19.9. The minimum Gasteiger partial charge on any atom is -0.354 e. The summed E-state index contributed by atoms with van der Waals surface area (Å²) in [5, 5.41) is 6.71. The van der Waals surface area contributed by atoms with Crippen LogP contribution in [0.3, 0.4) is 0 Å². The topological polar surface area (TPSA) is 61.4 Å². The molecule has 1 saturated carbocycles. The molecule has 29 heavy (non-hydrogen) atoms. The van der Waals surface area contributed by atoms with Crippen molar-refractivity contribution in [2.24, 2.45) is 11.8 Å². The van der Waals surface area contributed by atoms with Gasteiger partial charge < -0.3 is 10.6 Å². The highest BCUT2D eigenvalue weighted by molar-refractivity contribution is 7.16. The van der Waals surface area contributed by atoms with Crippen LogP contribution < -0.4 is 10.6 Å². The Hall–Kier alpha value is -1.60. The van der Waals surface area contributed by atoms with Crippen LogP contribution in [0, 0.1) is 11.8 Å². The minimum atomic E-state index is -0.913. The molecule has 4 aliphatic rings. The summed E-state index contributed by atoms with van der Waals surface area (Å²) in [7, 11) is 0. The quantitative estimate of drug-likeness (QED) is 0.751. The third kappa shape index (κ3) is 2.43. The Morgan fingerprint density at radius 2 is 2.00 bits per heavy atom. The van der Waals surface area contributed by atoms with Crippen molar-refractivity contribution in [1.29, 1.82) is 0 Å². The Balaban J connectivity index is 1.62. The molecule has 0 radical (unpaired) electrons. The van der Waals surface area contributed by atoms with Crippen molar-refractivity contribution < 1.29 is 9.59 Å². The van der Waals surface area contributed by atoms with Crippen LogP contribution in [0.4, 0.5) is 5.69 Å². The van der Waals surface area contributed by atoms with E-state index < -0.39 is 5.54 Å². The lowest BCUT2D eigenvalue weighted by molar-refractivity contribution is -0.128. The molecule has 150 valence electrons. The number of likely N-dealkylation sites (tertiary alicyclic amines) is 1. The van der Waals surface area contributed by atoms with E-state index in [0.717, 1.165) is 22.7 Å². The smallest absolute Gasteiger partial charge is 0.250 e. The molecule has 1 spiro atoms. The van der Waals surface area contributed by atoms with Crippen LogP contribution in [0.1, 0.15) is 29.2 Å². The van der Waals surface area contributed by atoms with Gasteiger partial charge in [-0.25, -0.2) is 0 Å². The van der Waals surface area contributed by atoms with Crippen LogP contribution >= 0.6 is 34.5 Å². The van der Waals surface area contributed by atoms with E-state index in [1.807, 2.05) is 30.3 Å². The Kier molecular flexibility index (Phi) is 3.89. The normalized spacial score (nSPS) is 33.1. The molecule has 5 nitrogen and oxygen atoms in total. The maximum atomic E-state index is 13.8. The number of amides is 2. The highest BCUT2D eigenvalue weighted by Crippen LogP contribution is 2.61. The van der Waals surface area contributed by atoms with Gasteiger partial charge in [0.05, 0.1) is 10.3 Å². The number of rotatable bonds is 3. The van der Waals surface area contributed by atoms with Gasteiger partial charge in [-0.2, -0.15) is 0 Å². The molecular weight excluding hydrogens is 429 g/mol. The molecule has 4 heterocycles. The maximum Gasteiger partial charge on any atom is 0.250 e. The molecule has 2 amide bonds. The highest BCUT2D eigenvalue weighted by Gasteiger charge is 2.70.